The fraction of sp³-hybridized carbons (Fsp3) is 0.531. The Morgan fingerprint density at radius 1 is 1.20 bits per heavy atom. The monoisotopic (exact) mass is 602 g/mol. The van der Waals surface area contributed by atoms with Gasteiger partial charge in [-0.3, -0.25) is 9.69 Å². The van der Waals surface area contributed by atoms with E-state index in [1.165, 1.54) is 4.90 Å². The van der Waals surface area contributed by atoms with Gasteiger partial charge in [0.2, 0.25) is 5.91 Å². The summed E-state index contributed by atoms with van der Waals surface area (Å²) in [6.07, 6.45) is 5.60. The Morgan fingerprint density at radius 2 is 1.98 bits per heavy atom. The van der Waals surface area contributed by atoms with Gasteiger partial charge in [-0.25, -0.2) is 14.3 Å². The van der Waals surface area contributed by atoms with Crippen LogP contribution in [0.1, 0.15) is 46.1 Å². The number of hydrogen-bond acceptors (Lipinski definition) is 8. The lowest BCUT2D eigenvalue weighted by Crippen LogP contribution is -2.59. The van der Waals surface area contributed by atoms with Crippen molar-refractivity contribution in [2.45, 2.75) is 46.6 Å². The number of ether oxygens (including phenoxy) is 1. The van der Waals surface area contributed by atoms with Gasteiger partial charge in [0.05, 0.1) is 35.5 Å². The second-order valence-electron chi connectivity index (χ2n) is 12.3. The maximum absolute atomic E-state index is 13.7. The normalized spacial score (nSPS) is 18.8. The number of amides is 2. The molecular weight excluding hydrogens is 560 g/mol. The predicted molar refractivity (Wildman–Crippen MR) is 167 cm³/mol. The first-order valence-electron chi connectivity index (χ1n) is 15.4. The van der Waals surface area contributed by atoms with Gasteiger partial charge in [-0.2, -0.15) is 10.4 Å². The number of anilines is 1. The zero-order valence-corrected chi connectivity index (χ0v) is 26.0. The molecule has 0 spiro atoms. The van der Waals surface area contributed by atoms with E-state index in [0.29, 0.717) is 88.0 Å². The topological polar surface area (TPSA) is 139 Å². The summed E-state index contributed by atoms with van der Waals surface area (Å²) in [7, 11) is 0. The predicted octanol–water partition coefficient (Wildman–Crippen LogP) is 3.71. The Hall–Kier alpha value is -4.37. The molecule has 0 unspecified atom stereocenters. The first kappa shape index (κ1) is 31.1. The molecule has 0 saturated carbocycles. The second kappa shape index (κ2) is 13.1. The van der Waals surface area contributed by atoms with Crippen molar-refractivity contribution in [1.82, 2.24) is 29.7 Å². The molecule has 3 aromatic heterocycles. The number of carboxylic acid groups (broad SMARTS) is 1. The lowest BCUT2D eigenvalue weighted by Gasteiger charge is -2.46. The third kappa shape index (κ3) is 6.43. The van der Waals surface area contributed by atoms with Crippen molar-refractivity contribution >= 4 is 23.3 Å². The molecule has 2 amide bonds. The number of nitriles is 1. The molecule has 0 radical (unpaired) electrons. The molecule has 2 aliphatic rings. The van der Waals surface area contributed by atoms with Crippen LogP contribution in [0.3, 0.4) is 0 Å². The van der Waals surface area contributed by atoms with Gasteiger partial charge in [0, 0.05) is 69.2 Å². The molecule has 2 fully saturated rings. The Bertz CT molecular complexity index is 1520. The summed E-state index contributed by atoms with van der Waals surface area (Å²) in [5, 5.41) is 26.7. The second-order valence-corrected chi connectivity index (χ2v) is 12.3. The Morgan fingerprint density at radius 3 is 2.59 bits per heavy atom. The van der Waals surface area contributed by atoms with E-state index in [2.05, 4.69) is 40.1 Å². The Kier molecular flexibility index (Phi) is 9.25. The summed E-state index contributed by atoms with van der Waals surface area (Å²) in [5.41, 5.74) is 2.30. The van der Waals surface area contributed by atoms with Crippen molar-refractivity contribution in [3.05, 3.63) is 42.4 Å². The summed E-state index contributed by atoms with van der Waals surface area (Å²) < 4.78 is 7.42. The van der Waals surface area contributed by atoms with Crippen LogP contribution in [0.15, 0.2) is 36.8 Å². The van der Waals surface area contributed by atoms with Crippen LogP contribution in [-0.2, 0) is 4.79 Å². The minimum atomic E-state index is -0.893. The minimum Gasteiger partial charge on any atom is -0.492 e. The summed E-state index contributed by atoms with van der Waals surface area (Å²) in [6, 6.07) is 8.01. The highest BCUT2D eigenvalue weighted by atomic mass is 16.5. The number of nitrogens with zero attached hydrogens (tertiary/aromatic N) is 7. The number of rotatable bonds is 9. The minimum absolute atomic E-state index is 0.0785. The van der Waals surface area contributed by atoms with E-state index < -0.39 is 11.5 Å². The molecule has 12 nitrogen and oxygen atoms in total. The van der Waals surface area contributed by atoms with Crippen molar-refractivity contribution in [2.24, 2.45) is 11.3 Å². The van der Waals surface area contributed by atoms with Gasteiger partial charge in [-0.1, -0.05) is 13.8 Å². The smallest absolute Gasteiger partial charge is 0.407 e. The van der Waals surface area contributed by atoms with Gasteiger partial charge >= 0.3 is 6.09 Å². The molecule has 12 heteroatoms. The van der Waals surface area contributed by atoms with E-state index in [1.807, 2.05) is 38.2 Å². The molecule has 0 aromatic carbocycles. The van der Waals surface area contributed by atoms with Crippen LogP contribution >= 0.6 is 0 Å². The van der Waals surface area contributed by atoms with E-state index in [0.717, 1.165) is 16.9 Å². The third-order valence-electron chi connectivity index (χ3n) is 8.76. The Balaban J connectivity index is 1.33. The average molecular weight is 603 g/mol. The van der Waals surface area contributed by atoms with Crippen LogP contribution in [0.4, 0.5) is 10.6 Å². The molecule has 44 heavy (non-hydrogen) atoms. The highest BCUT2D eigenvalue weighted by Gasteiger charge is 2.44. The summed E-state index contributed by atoms with van der Waals surface area (Å²) in [5.74, 6) is 1.92. The van der Waals surface area contributed by atoms with Crippen LogP contribution in [0, 0.1) is 22.7 Å². The van der Waals surface area contributed by atoms with Crippen LogP contribution < -0.4 is 15.0 Å². The molecule has 5 rings (SSSR count). The fourth-order valence-corrected chi connectivity index (χ4v) is 6.37. The van der Waals surface area contributed by atoms with Crippen LogP contribution in [0.25, 0.3) is 16.6 Å². The van der Waals surface area contributed by atoms with Crippen LogP contribution in [0.2, 0.25) is 0 Å². The van der Waals surface area contributed by atoms with E-state index in [1.54, 1.807) is 16.9 Å². The van der Waals surface area contributed by atoms with Crippen molar-refractivity contribution < 1.29 is 19.4 Å². The lowest BCUT2D eigenvalue weighted by molar-refractivity contribution is -0.134. The molecule has 0 bridgehead atoms. The summed E-state index contributed by atoms with van der Waals surface area (Å²) in [4.78, 5) is 36.0. The molecule has 1 atom stereocenters. The number of piperidine rings is 1. The molecule has 2 N–H and O–H groups in total. The van der Waals surface area contributed by atoms with Crippen LogP contribution in [-0.4, -0.2) is 100.0 Å². The zero-order valence-electron chi connectivity index (χ0n) is 26.0. The summed E-state index contributed by atoms with van der Waals surface area (Å²) >= 11 is 0. The third-order valence-corrected chi connectivity index (χ3v) is 8.76. The largest absolute Gasteiger partial charge is 0.492 e. The zero-order chi connectivity index (χ0) is 31.4. The molecule has 0 aliphatic carbocycles. The molecular formula is C32H42N8O4. The number of piperazine rings is 1. The van der Waals surface area contributed by atoms with Crippen LogP contribution in [0.5, 0.6) is 5.75 Å². The Labute approximate surface area is 258 Å². The fourth-order valence-electron chi connectivity index (χ4n) is 6.37. The van der Waals surface area contributed by atoms with E-state index >= 15 is 0 Å². The number of fused-ring (bicyclic) bond motifs is 1. The van der Waals surface area contributed by atoms with Gasteiger partial charge < -0.3 is 25.0 Å². The molecule has 3 aromatic rings. The number of aromatic nitrogens is 3. The average Bonchev–Trinajstić information content (AvgIpc) is 3.43. The quantitative estimate of drug-likeness (QED) is 0.375. The van der Waals surface area contributed by atoms with Crippen molar-refractivity contribution in [2.75, 3.05) is 57.3 Å². The van der Waals surface area contributed by atoms with Crippen molar-refractivity contribution in [3.8, 4) is 22.9 Å². The van der Waals surface area contributed by atoms with Crippen molar-refractivity contribution in [1.29, 1.82) is 5.26 Å². The lowest BCUT2D eigenvalue weighted by atomic mass is 9.76. The van der Waals surface area contributed by atoms with Gasteiger partial charge in [-0.15, -0.1) is 0 Å². The standard InChI is InChI=1S/C32H42N8O4/c1-5-44-26-14-27(29-25(15-33)18-36-40(29)20-26)24-6-7-28(34-17-24)38-10-8-32(9-11-38,30(41)35-16-22(2)3)21-37-12-13-39(31(42)43)23(4)19-37/h6-7,14,17-18,20,22-23H,5,8-13,16,19,21H2,1-4H3,(H,35,41)(H,42,43)/t23-/m1/s1. The number of hydrogen-bond donors (Lipinski definition) is 2. The number of carbonyl (C=O) groups excluding carboxylic acids is 1. The highest BCUT2D eigenvalue weighted by Crippen LogP contribution is 2.36. The van der Waals surface area contributed by atoms with Gasteiger partial charge in [-0.05, 0) is 50.8 Å². The van der Waals surface area contributed by atoms with Gasteiger partial charge in [0.1, 0.15) is 17.6 Å². The maximum atomic E-state index is 13.7. The first-order valence-corrected chi connectivity index (χ1v) is 15.4. The van der Waals surface area contributed by atoms with Crippen molar-refractivity contribution in [3.63, 3.8) is 0 Å². The van der Waals surface area contributed by atoms with Gasteiger partial charge in [0.25, 0.3) is 0 Å². The molecule has 5 heterocycles. The SMILES string of the molecule is CCOc1cc(-c2ccc(N3CCC(CN4CCN(C(=O)O)[C@H](C)C4)(C(=O)NCC(C)C)CC3)nc2)c2c(C#N)cnn2c1. The van der Waals surface area contributed by atoms with E-state index in [4.69, 9.17) is 9.72 Å². The number of nitrogens with one attached hydrogen (secondary N) is 1. The summed E-state index contributed by atoms with van der Waals surface area (Å²) in [6.45, 7) is 12.8. The van der Waals surface area contributed by atoms with Gasteiger partial charge in [0.15, 0.2) is 0 Å². The van der Waals surface area contributed by atoms with E-state index in [9.17, 15) is 20.0 Å². The highest BCUT2D eigenvalue weighted by molar-refractivity contribution is 5.85. The number of pyridine rings is 2. The first-order chi connectivity index (χ1) is 21.1. The number of carbonyl (C=O) groups is 2. The molecule has 2 aliphatic heterocycles. The molecule has 2 saturated heterocycles. The molecule has 234 valence electrons. The van der Waals surface area contributed by atoms with E-state index in [-0.39, 0.29) is 11.9 Å². The maximum Gasteiger partial charge on any atom is 0.407 e.